The van der Waals surface area contributed by atoms with Crippen LogP contribution in [0.5, 0.6) is 11.5 Å². The molecule has 0 saturated carbocycles. The number of halogens is 3. The van der Waals surface area contributed by atoms with Crippen molar-refractivity contribution < 1.29 is 4.74 Å². The Balaban J connectivity index is 2.17. The third kappa shape index (κ3) is 4.71. The van der Waals surface area contributed by atoms with E-state index in [-0.39, 0.29) is 6.04 Å². The Kier molecular flexibility index (Phi) is 6.11. The summed E-state index contributed by atoms with van der Waals surface area (Å²) in [4.78, 5) is 0. The number of hydrogen-bond donors (Lipinski definition) is 1. The summed E-state index contributed by atoms with van der Waals surface area (Å²) in [5.41, 5.74) is 7.18. The molecule has 0 aliphatic rings. The monoisotopic (exact) mass is 431 g/mol. The molecule has 1 atom stereocenters. The minimum Gasteiger partial charge on any atom is -0.455 e. The molecule has 0 heterocycles. The Labute approximate surface area is 146 Å². The molecule has 2 rings (SSSR count). The zero-order chi connectivity index (χ0) is 15.4. The van der Waals surface area contributed by atoms with Crippen molar-refractivity contribution in [2.45, 2.75) is 25.8 Å². The van der Waals surface area contributed by atoms with Gasteiger partial charge in [-0.2, -0.15) is 0 Å². The van der Waals surface area contributed by atoms with Crippen LogP contribution in [0.3, 0.4) is 0 Å². The van der Waals surface area contributed by atoms with Gasteiger partial charge in [0, 0.05) is 11.1 Å². The van der Waals surface area contributed by atoms with Crippen molar-refractivity contribution in [2.75, 3.05) is 0 Å². The number of ether oxygens (including phenoxy) is 1. The number of rotatable bonds is 5. The molecule has 0 fully saturated rings. The molecule has 2 aromatic rings. The molecule has 0 amide bonds. The van der Waals surface area contributed by atoms with Crippen LogP contribution >= 0.6 is 43.5 Å². The molecule has 0 bridgehead atoms. The largest absolute Gasteiger partial charge is 0.455 e. The molecule has 1 unspecified atom stereocenters. The lowest BCUT2D eigenvalue weighted by Gasteiger charge is -2.13. The van der Waals surface area contributed by atoms with Gasteiger partial charge >= 0.3 is 0 Å². The molecule has 0 aliphatic carbocycles. The summed E-state index contributed by atoms with van der Waals surface area (Å²) >= 11 is 12.9. The van der Waals surface area contributed by atoms with Crippen LogP contribution < -0.4 is 10.5 Å². The van der Waals surface area contributed by atoms with E-state index in [9.17, 15) is 0 Å². The molecular weight excluding hydrogens is 417 g/mol. The highest BCUT2D eigenvalue weighted by molar-refractivity contribution is 9.11. The van der Waals surface area contributed by atoms with Gasteiger partial charge in [-0.25, -0.2) is 0 Å². The van der Waals surface area contributed by atoms with Gasteiger partial charge in [-0.3, -0.25) is 0 Å². The number of hydrogen-bond acceptors (Lipinski definition) is 2. The number of nitrogens with two attached hydrogens (primary N) is 1. The Morgan fingerprint density at radius 1 is 1.10 bits per heavy atom. The fraction of sp³-hybridized carbons (Fsp3) is 0.250. The van der Waals surface area contributed by atoms with Crippen LogP contribution in [-0.2, 0) is 6.42 Å². The molecule has 2 N–H and O–H groups in total. The Bertz CT molecular complexity index is 634. The Hall–Kier alpha value is -0.550. The van der Waals surface area contributed by atoms with Gasteiger partial charge in [0.05, 0.1) is 8.95 Å². The smallest absolute Gasteiger partial charge is 0.141 e. The second-order valence-electron chi connectivity index (χ2n) is 4.81. The van der Waals surface area contributed by atoms with E-state index in [1.165, 1.54) is 5.56 Å². The first-order valence-corrected chi connectivity index (χ1v) is 8.63. The lowest BCUT2D eigenvalue weighted by Crippen LogP contribution is -2.21. The van der Waals surface area contributed by atoms with Crippen LogP contribution in [0.1, 0.15) is 18.9 Å². The van der Waals surface area contributed by atoms with Crippen LogP contribution in [0.15, 0.2) is 45.3 Å². The van der Waals surface area contributed by atoms with Crippen molar-refractivity contribution in [1.82, 2.24) is 0 Å². The fourth-order valence-corrected chi connectivity index (χ4v) is 3.15. The number of benzene rings is 2. The molecule has 2 nitrogen and oxygen atoms in total. The van der Waals surface area contributed by atoms with E-state index in [1.54, 1.807) is 12.1 Å². The maximum atomic E-state index is 5.99. The van der Waals surface area contributed by atoms with Gasteiger partial charge in [0.15, 0.2) is 0 Å². The highest BCUT2D eigenvalue weighted by Gasteiger charge is 2.09. The summed E-state index contributed by atoms with van der Waals surface area (Å²) in [7, 11) is 0. The van der Waals surface area contributed by atoms with E-state index in [1.807, 2.05) is 18.2 Å². The Morgan fingerprint density at radius 3 is 2.29 bits per heavy atom. The molecule has 5 heteroatoms. The van der Waals surface area contributed by atoms with Crippen molar-refractivity contribution in [3.8, 4) is 11.5 Å². The minimum atomic E-state index is 0.189. The zero-order valence-electron chi connectivity index (χ0n) is 11.6. The van der Waals surface area contributed by atoms with Gasteiger partial charge in [-0.05, 0) is 80.6 Å². The maximum absolute atomic E-state index is 5.99. The van der Waals surface area contributed by atoms with Crippen LogP contribution in [0.4, 0.5) is 0 Å². The first-order chi connectivity index (χ1) is 9.99. The molecule has 0 spiro atoms. The minimum absolute atomic E-state index is 0.189. The third-order valence-electron chi connectivity index (χ3n) is 3.13. The zero-order valence-corrected chi connectivity index (χ0v) is 15.5. The highest BCUT2D eigenvalue weighted by atomic mass is 79.9. The van der Waals surface area contributed by atoms with Gasteiger partial charge in [-0.15, -0.1) is 0 Å². The SMILES string of the molecule is CCC(N)Cc1ccc(Oc2ccc(Cl)cc2Br)c(Br)c1. The fourth-order valence-electron chi connectivity index (χ4n) is 1.88. The predicted molar refractivity (Wildman–Crippen MR) is 95.3 cm³/mol. The first kappa shape index (κ1) is 16.8. The van der Waals surface area contributed by atoms with Crippen molar-refractivity contribution in [1.29, 1.82) is 0 Å². The van der Waals surface area contributed by atoms with Gasteiger partial charge in [-0.1, -0.05) is 24.6 Å². The van der Waals surface area contributed by atoms with Crippen LogP contribution in [0, 0.1) is 0 Å². The molecule has 0 aliphatic heterocycles. The standard InChI is InChI=1S/C16H16Br2ClNO/c1-2-12(20)7-10-3-5-15(13(17)8-10)21-16-6-4-11(19)9-14(16)18/h3-6,8-9,12H,2,7,20H2,1H3. The average molecular weight is 434 g/mol. The average Bonchev–Trinajstić information content (AvgIpc) is 2.44. The van der Waals surface area contributed by atoms with Crippen LogP contribution in [-0.4, -0.2) is 6.04 Å². The van der Waals surface area contributed by atoms with E-state index in [2.05, 4.69) is 44.8 Å². The lowest BCUT2D eigenvalue weighted by atomic mass is 10.0. The van der Waals surface area contributed by atoms with Gasteiger partial charge in [0.1, 0.15) is 11.5 Å². The van der Waals surface area contributed by atoms with Gasteiger partial charge in [0.2, 0.25) is 0 Å². The Morgan fingerprint density at radius 2 is 1.71 bits per heavy atom. The lowest BCUT2D eigenvalue weighted by molar-refractivity contribution is 0.476. The molecule has 0 aromatic heterocycles. The summed E-state index contributed by atoms with van der Waals surface area (Å²) < 4.78 is 7.62. The van der Waals surface area contributed by atoms with E-state index in [0.29, 0.717) is 5.02 Å². The summed E-state index contributed by atoms with van der Waals surface area (Å²) in [6, 6.07) is 11.7. The summed E-state index contributed by atoms with van der Waals surface area (Å²) in [6.45, 7) is 2.09. The molecule has 0 saturated heterocycles. The van der Waals surface area contributed by atoms with Crippen molar-refractivity contribution >= 4 is 43.5 Å². The van der Waals surface area contributed by atoms with E-state index < -0.39 is 0 Å². The van der Waals surface area contributed by atoms with Crippen LogP contribution in [0.25, 0.3) is 0 Å². The molecule has 112 valence electrons. The van der Waals surface area contributed by atoms with Gasteiger partial charge in [0.25, 0.3) is 0 Å². The quantitative estimate of drug-likeness (QED) is 0.634. The summed E-state index contributed by atoms with van der Waals surface area (Å²) in [6.07, 6.45) is 1.83. The highest BCUT2D eigenvalue weighted by Crippen LogP contribution is 2.35. The molecule has 0 radical (unpaired) electrons. The van der Waals surface area contributed by atoms with Crippen LogP contribution in [0.2, 0.25) is 5.02 Å². The van der Waals surface area contributed by atoms with Crippen molar-refractivity contribution in [2.24, 2.45) is 5.73 Å². The van der Waals surface area contributed by atoms with E-state index in [0.717, 1.165) is 33.3 Å². The second kappa shape index (κ2) is 7.63. The topological polar surface area (TPSA) is 35.2 Å². The van der Waals surface area contributed by atoms with Crippen molar-refractivity contribution in [3.63, 3.8) is 0 Å². The molecular formula is C16H16Br2ClNO. The van der Waals surface area contributed by atoms with Crippen molar-refractivity contribution in [3.05, 3.63) is 55.9 Å². The first-order valence-electron chi connectivity index (χ1n) is 6.66. The predicted octanol–water partition coefficient (Wildman–Crippen LogP) is 5.94. The normalized spacial score (nSPS) is 12.2. The third-order valence-corrected chi connectivity index (χ3v) is 4.61. The molecule has 21 heavy (non-hydrogen) atoms. The maximum Gasteiger partial charge on any atom is 0.141 e. The summed E-state index contributed by atoms with van der Waals surface area (Å²) in [5.74, 6) is 1.48. The summed E-state index contributed by atoms with van der Waals surface area (Å²) in [5, 5.41) is 0.664. The van der Waals surface area contributed by atoms with E-state index >= 15 is 0 Å². The van der Waals surface area contributed by atoms with Gasteiger partial charge < -0.3 is 10.5 Å². The second-order valence-corrected chi connectivity index (χ2v) is 6.96. The van der Waals surface area contributed by atoms with E-state index in [4.69, 9.17) is 22.1 Å². The molecule has 2 aromatic carbocycles.